The number of hydrazine groups is 1. The van der Waals surface area contributed by atoms with Crippen molar-refractivity contribution in [1.82, 2.24) is 0 Å². The minimum Gasteiger partial charge on any atom is -0.294 e. The quantitative estimate of drug-likeness (QED) is 0.378. The van der Waals surface area contributed by atoms with Gasteiger partial charge < -0.3 is 0 Å². The fourth-order valence-electron chi connectivity index (χ4n) is 3.76. The number of anilines is 2. The molecule has 0 bridgehead atoms. The molecular formula is C25H19F3N2O3. The van der Waals surface area contributed by atoms with Gasteiger partial charge in [0.25, 0.3) is 11.8 Å². The molecule has 1 heterocycles. The van der Waals surface area contributed by atoms with Crippen LogP contribution in [-0.4, -0.2) is 17.6 Å². The number of nitrogens with zero attached hydrogens (tertiary/aromatic N) is 2. The molecule has 4 rings (SSSR count). The van der Waals surface area contributed by atoms with E-state index in [1.54, 1.807) is 60.7 Å². The van der Waals surface area contributed by atoms with Crippen LogP contribution in [0.5, 0.6) is 0 Å². The van der Waals surface area contributed by atoms with Crippen LogP contribution < -0.4 is 10.0 Å². The highest BCUT2D eigenvalue weighted by atomic mass is 19.4. The van der Waals surface area contributed by atoms with Gasteiger partial charge >= 0.3 is 6.18 Å². The predicted octanol–water partition coefficient (Wildman–Crippen LogP) is 5.28. The van der Waals surface area contributed by atoms with E-state index in [-0.39, 0.29) is 18.4 Å². The third-order valence-corrected chi connectivity index (χ3v) is 5.39. The van der Waals surface area contributed by atoms with Gasteiger partial charge in [-0.2, -0.15) is 13.2 Å². The van der Waals surface area contributed by atoms with Gasteiger partial charge in [-0.05, 0) is 42.8 Å². The molecule has 5 nitrogen and oxygen atoms in total. The van der Waals surface area contributed by atoms with Crippen molar-refractivity contribution >= 4 is 29.0 Å². The summed E-state index contributed by atoms with van der Waals surface area (Å²) in [6.45, 7) is 0. The van der Waals surface area contributed by atoms with E-state index in [4.69, 9.17) is 0 Å². The first kappa shape index (κ1) is 22.3. The molecule has 2 amide bonds. The summed E-state index contributed by atoms with van der Waals surface area (Å²) >= 11 is 0. The van der Waals surface area contributed by atoms with Gasteiger partial charge in [-0.25, -0.2) is 10.0 Å². The monoisotopic (exact) mass is 452 g/mol. The zero-order valence-electron chi connectivity index (χ0n) is 17.3. The van der Waals surface area contributed by atoms with Crippen LogP contribution in [0.4, 0.5) is 24.5 Å². The lowest BCUT2D eigenvalue weighted by Gasteiger charge is -2.27. The highest BCUT2D eigenvalue weighted by Gasteiger charge is 2.46. The number of ketones is 1. The minimum absolute atomic E-state index is 0.109. The van der Waals surface area contributed by atoms with Crippen LogP contribution in [0.3, 0.4) is 0 Å². The van der Waals surface area contributed by atoms with Crippen molar-refractivity contribution in [3.63, 3.8) is 0 Å². The molecule has 0 radical (unpaired) electrons. The number of para-hydroxylation sites is 2. The molecular weight excluding hydrogens is 433 g/mol. The van der Waals surface area contributed by atoms with Crippen LogP contribution in [-0.2, 0) is 15.8 Å². The summed E-state index contributed by atoms with van der Waals surface area (Å²) in [6, 6.07) is 21.4. The number of amides is 2. The maximum Gasteiger partial charge on any atom is 0.416 e. The molecule has 0 atom stereocenters. The summed E-state index contributed by atoms with van der Waals surface area (Å²) in [5.41, 5.74) is -0.0489. The van der Waals surface area contributed by atoms with Crippen LogP contribution in [0.25, 0.3) is 0 Å². The topological polar surface area (TPSA) is 57.7 Å². The van der Waals surface area contributed by atoms with Gasteiger partial charge in [-0.15, -0.1) is 0 Å². The number of carbonyl (C=O) groups excluding carboxylic acids is 3. The number of rotatable bonds is 6. The zero-order valence-corrected chi connectivity index (χ0v) is 17.3. The van der Waals surface area contributed by atoms with Gasteiger partial charge in [-0.3, -0.25) is 14.4 Å². The van der Waals surface area contributed by atoms with Crippen LogP contribution >= 0.6 is 0 Å². The van der Waals surface area contributed by atoms with Gasteiger partial charge in [0.2, 0.25) is 0 Å². The van der Waals surface area contributed by atoms with Crippen molar-refractivity contribution in [3.05, 3.63) is 96.1 Å². The standard InChI is InChI=1S/C25H19F3N2O3/c26-25(27,28)18-9-7-8-17(16-18)22(31)15-14-21-23(32)29(19-10-3-1-4-11-19)30(24(21)33)20-12-5-2-6-13-20/h1-13,16,21H,14-15H2. The van der Waals surface area contributed by atoms with E-state index < -0.39 is 35.3 Å². The Bertz CT molecular complexity index is 1120. The summed E-state index contributed by atoms with van der Waals surface area (Å²) in [5, 5.41) is 2.55. The van der Waals surface area contributed by atoms with Gasteiger partial charge in [0.15, 0.2) is 5.78 Å². The SMILES string of the molecule is O=C(CCC1C(=O)N(c2ccccc2)N(c2ccccc2)C1=O)c1cccc(C(F)(F)F)c1. The molecule has 0 spiro atoms. The molecule has 1 fully saturated rings. The smallest absolute Gasteiger partial charge is 0.294 e. The second-order valence-electron chi connectivity index (χ2n) is 7.56. The number of Topliss-reactive ketones (excluding diaryl/α,β-unsaturated/α-hetero) is 1. The van der Waals surface area contributed by atoms with E-state index in [2.05, 4.69) is 0 Å². The van der Waals surface area contributed by atoms with Gasteiger partial charge in [0.05, 0.1) is 16.9 Å². The van der Waals surface area contributed by atoms with Crippen molar-refractivity contribution in [3.8, 4) is 0 Å². The van der Waals surface area contributed by atoms with Crippen molar-refractivity contribution < 1.29 is 27.6 Å². The molecule has 1 aliphatic heterocycles. The Kier molecular flexibility index (Phi) is 6.00. The Morgan fingerprint density at radius 1 is 0.758 bits per heavy atom. The third-order valence-electron chi connectivity index (χ3n) is 5.39. The molecule has 8 heteroatoms. The lowest BCUT2D eigenvalue weighted by molar-refractivity contribution is -0.137. The van der Waals surface area contributed by atoms with Crippen molar-refractivity contribution in [2.75, 3.05) is 10.0 Å². The van der Waals surface area contributed by atoms with E-state index in [1.807, 2.05) is 0 Å². The number of hydrogen-bond donors (Lipinski definition) is 0. The van der Waals surface area contributed by atoms with Gasteiger partial charge in [-0.1, -0.05) is 48.5 Å². The molecule has 0 unspecified atom stereocenters. The second-order valence-corrected chi connectivity index (χ2v) is 7.56. The maximum absolute atomic E-state index is 13.2. The average Bonchev–Trinajstić information content (AvgIpc) is 3.07. The van der Waals surface area contributed by atoms with Crippen LogP contribution in [0, 0.1) is 5.92 Å². The number of halogens is 3. The van der Waals surface area contributed by atoms with Crippen molar-refractivity contribution in [2.45, 2.75) is 19.0 Å². The van der Waals surface area contributed by atoms with Crippen molar-refractivity contribution in [2.24, 2.45) is 5.92 Å². The summed E-state index contributed by atoms with van der Waals surface area (Å²) in [5.74, 6) is -2.68. The second kappa shape index (κ2) is 8.90. The van der Waals surface area contributed by atoms with Crippen LogP contribution in [0.1, 0.15) is 28.8 Å². The van der Waals surface area contributed by atoms with Crippen LogP contribution in [0.2, 0.25) is 0 Å². The fraction of sp³-hybridized carbons (Fsp3) is 0.160. The molecule has 0 N–H and O–H groups in total. The van der Waals surface area contributed by atoms with Crippen molar-refractivity contribution in [1.29, 1.82) is 0 Å². The Labute approximate surface area is 188 Å². The molecule has 1 aliphatic rings. The summed E-state index contributed by atoms with van der Waals surface area (Å²) in [7, 11) is 0. The Hall–Kier alpha value is -3.94. The first-order valence-corrected chi connectivity index (χ1v) is 10.3. The first-order valence-electron chi connectivity index (χ1n) is 10.3. The summed E-state index contributed by atoms with van der Waals surface area (Å²) in [6.07, 6.45) is -4.92. The Morgan fingerprint density at radius 3 is 1.76 bits per heavy atom. The molecule has 0 saturated carbocycles. The van der Waals surface area contributed by atoms with E-state index in [9.17, 15) is 27.6 Å². The Morgan fingerprint density at radius 2 is 1.27 bits per heavy atom. The highest BCUT2D eigenvalue weighted by Crippen LogP contribution is 2.34. The predicted molar refractivity (Wildman–Crippen MR) is 116 cm³/mol. The molecule has 0 aliphatic carbocycles. The third kappa shape index (κ3) is 4.50. The highest BCUT2D eigenvalue weighted by molar-refractivity contribution is 6.23. The Balaban J connectivity index is 1.58. The van der Waals surface area contributed by atoms with E-state index in [1.165, 1.54) is 16.1 Å². The number of benzene rings is 3. The zero-order chi connectivity index (χ0) is 23.6. The van der Waals surface area contributed by atoms with E-state index >= 15 is 0 Å². The van der Waals surface area contributed by atoms with E-state index in [0.29, 0.717) is 11.4 Å². The maximum atomic E-state index is 13.2. The number of carbonyl (C=O) groups is 3. The molecule has 168 valence electrons. The summed E-state index contributed by atoms with van der Waals surface area (Å²) in [4.78, 5) is 39.1. The fourth-order valence-corrected chi connectivity index (χ4v) is 3.76. The number of alkyl halides is 3. The molecule has 1 saturated heterocycles. The molecule has 3 aromatic rings. The van der Waals surface area contributed by atoms with Gasteiger partial charge in [0.1, 0.15) is 5.92 Å². The lowest BCUT2D eigenvalue weighted by Crippen LogP contribution is -2.41. The largest absolute Gasteiger partial charge is 0.416 e. The van der Waals surface area contributed by atoms with Crippen LogP contribution in [0.15, 0.2) is 84.9 Å². The minimum atomic E-state index is -4.57. The first-order chi connectivity index (χ1) is 15.8. The lowest BCUT2D eigenvalue weighted by atomic mass is 9.97. The van der Waals surface area contributed by atoms with E-state index in [0.717, 1.165) is 18.2 Å². The normalized spacial score (nSPS) is 14.8. The molecule has 33 heavy (non-hydrogen) atoms. The molecule has 3 aromatic carbocycles. The summed E-state index contributed by atoms with van der Waals surface area (Å²) < 4.78 is 38.9. The number of hydrogen-bond acceptors (Lipinski definition) is 3. The molecule has 0 aromatic heterocycles. The average molecular weight is 452 g/mol. The van der Waals surface area contributed by atoms with Gasteiger partial charge in [0, 0.05) is 12.0 Å².